The van der Waals surface area contributed by atoms with Crippen molar-refractivity contribution in [3.63, 3.8) is 0 Å². The second kappa shape index (κ2) is 4.23. The first-order chi connectivity index (χ1) is 7.26. The zero-order chi connectivity index (χ0) is 10.8. The summed E-state index contributed by atoms with van der Waals surface area (Å²) in [7, 11) is 2.06. The molecule has 1 aliphatic carbocycles. The van der Waals surface area contributed by atoms with E-state index in [0.717, 1.165) is 18.9 Å². The normalized spacial score (nSPS) is 15.7. The van der Waals surface area contributed by atoms with E-state index in [1.165, 1.54) is 18.5 Å². The molecule has 0 radical (unpaired) electrons. The van der Waals surface area contributed by atoms with Gasteiger partial charge in [-0.3, -0.25) is 0 Å². The van der Waals surface area contributed by atoms with Crippen LogP contribution in [0.3, 0.4) is 0 Å². The van der Waals surface area contributed by atoms with Gasteiger partial charge in [0.2, 0.25) is 5.95 Å². The van der Waals surface area contributed by atoms with Crippen LogP contribution in [0.2, 0.25) is 0 Å². The van der Waals surface area contributed by atoms with Crippen LogP contribution in [-0.4, -0.2) is 29.7 Å². The molecular weight excluding hydrogens is 188 g/mol. The van der Waals surface area contributed by atoms with Gasteiger partial charge in [0.25, 0.3) is 0 Å². The topological polar surface area (TPSA) is 47.1 Å². The Balaban J connectivity index is 2.22. The van der Waals surface area contributed by atoms with E-state index in [0.29, 0.717) is 12.6 Å². The maximum atomic E-state index is 5.57. The molecule has 1 aromatic rings. The highest BCUT2D eigenvalue weighted by atomic mass is 15.3. The highest BCUT2D eigenvalue weighted by molar-refractivity contribution is 5.34. The first-order valence-corrected chi connectivity index (χ1v) is 5.75. The molecule has 1 aliphatic rings. The van der Waals surface area contributed by atoms with Crippen molar-refractivity contribution >= 4 is 5.95 Å². The molecule has 1 fully saturated rings. The molecule has 1 heterocycles. The lowest BCUT2D eigenvalue weighted by Gasteiger charge is -2.18. The number of rotatable bonds is 5. The summed E-state index contributed by atoms with van der Waals surface area (Å²) < 4.78 is 2.31. The highest BCUT2D eigenvalue weighted by Crippen LogP contribution is 2.38. The van der Waals surface area contributed by atoms with Crippen molar-refractivity contribution in [1.82, 2.24) is 9.55 Å². The minimum atomic E-state index is 0.676. The fourth-order valence-electron chi connectivity index (χ4n) is 1.80. The molecule has 15 heavy (non-hydrogen) atoms. The molecule has 84 valence electrons. The van der Waals surface area contributed by atoms with Gasteiger partial charge in [-0.05, 0) is 19.3 Å². The zero-order valence-electron chi connectivity index (χ0n) is 9.61. The smallest absolute Gasteiger partial charge is 0.205 e. The van der Waals surface area contributed by atoms with Crippen LogP contribution in [0.25, 0.3) is 0 Å². The number of hydrogen-bond donors (Lipinski definition) is 1. The van der Waals surface area contributed by atoms with Gasteiger partial charge in [-0.2, -0.15) is 0 Å². The van der Waals surface area contributed by atoms with E-state index in [2.05, 4.69) is 34.6 Å². The van der Waals surface area contributed by atoms with E-state index in [9.17, 15) is 0 Å². The molecule has 4 heteroatoms. The molecule has 2 rings (SSSR count). The molecule has 0 spiro atoms. The lowest BCUT2D eigenvalue weighted by Crippen LogP contribution is -2.27. The van der Waals surface area contributed by atoms with E-state index in [1.807, 2.05) is 0 Å². The quantitative estimate of drug-likeness (QED) is 0.790. The van der Waals surface area contributed by atoms with Gasteiger partial charge >= 0.3 is 0 Å². The van der Waals surface area contributed by atoms with E-state index >= 15 is 0 Å². The molecule has 1 aromatic heterocycles. The number of nitrogens with zero attached hydrogens (tertiary/aromatic N) is 3. The van der Waals surface area contributed by atoms with E-state index in [-0.39, 0.29) is 0 Å². The SMILES string of the molecule is CCc1cn(C2CC2)c(N(C)CCN)n1. The summed E-state index contributed by atoms with van der Waals surface area (Å²) in [6.45, 7) is 3.69. The van der Waals surface area contributed by atoms with Gasteiger partial charge in [-0.15, -0.1) is 0 Å². The minimum Gasteiger partial charge on any atom is -0.344 e. The van der Waals surface area contributed by atoms with Gasteiger partial charge in [0.1, 0.15) is 0 Å². The first-order valence-electron chi connectivity index (χ1n) is 5.75. The van der Waals surface area contributed by atoms with Crippen LogP contribution in [0.5, 0.6) is 0 Å². The summed E-state index contributed by atoms with van der Waals surface area (Å²) in [5.74, 6) is 1.08. The number of hydrogen-bond acceptors (Lipinski definition) is 3. The zero-order valence-corrected chi connectivity index (χ0v) is 9.61. The Morgan fingerprint density at radius 1 is 1.60 bits per heavy atom. The first kappa shape index (κ1) is 10.5. The van der Waals surface area contributed by atoms with Gasteiger partial charge < -0.3 is 15.2 Å². The largest absolute Gasteiger partial charge is 0.344 e. The van der Waals surface area contributed by atoms with E-state index in [4.69, 9.17) is 5.73 Å². The predicted octanol–water partition coefficient (Wildman–Crippen LogP) is 1.18. The molecule has 0 saturated heterocycles. The molecule has 1 saturated carbocycles. The van der Waals surface area contributed by atoms with Crippen LogP contribution >= 0.6 is 0 Å². The molecule has 0 unspecified atom stereocenters. The van der Waals surface area contributed by atoms with Crippen LogP contribution in [0.4, 0.5) is 5.95 Å². The van der Waals surface area contributed by atoms with Gasteiger partial charge in [0.15, 0.2) is 0 Å². The lowest BCUT2D eigenvalue weighted by molar-refractivity contribution is 0.709. The van der Waals surface area contributed by atoms with Crippen molar-refractivity contribution in [2.24, 2.45) is 5.73 Å². The maximum Gasteiger partial charge on any atom is 0.205 e. The number of anilines is 1. The van der Waals surface area contributed by atoms with Gasteiger partial charge in [-0.1, -0.05) is 6.92 Å². The summed E-state index contributed by atoms with van der Waals surface area (Å²) >= 11 is 0. The third kappa shape index (κ3) is 2.15. The maximum absolute atomic E-state index is 5.57. The van der Waals surface area contributed by atoms with Crippen molar-refractivity contribution in [3.05, 3.63) is 11.9 Å². The molecule has 0 aliphatic heterocycles. The van der Waals surface area contributed by atoms with Crippen molar-refractivity contribution in [1.29, 1.82) is 0 Å². The lowest BCUT2D eigenvalue weighted by atomic mass is 10.4. The summed E-state index contributed by atoms with van der Waals surface area (Å²) in [5.41, 5.74) is 6.75. The van der Waals surface area contributed by atoms with Crippen LogP contribution in [-0.2, 0) is 6.42 Å². The standard InChI is InChI=1S/C11H20N4/c1-3-9-8-15(10-4-5-10)11(13-9)14(2)7-6-12/h8,10H,3-7,12H2,1-2H3. The Morgan fingerprint density at radius 2 is 2.33 bits per heavy atom. The minimum absolute atomic E-state index is 0.676. The van der Waals surface area contributed by atoms with Gasteiger partial charge in [0.05, 0.1) is 5.69 Å². The van der Waals surface area contributed by atoms with Crippen LogP contribution in [0.15, 0.2) is 6.20 Å². The van der Waals surface area contributed by atoms with Crippen molar-refractivity contribution in [2.75, 3.05) is 25.0 Å². The number of likely N-dealkylation sites (N-methyl/N-ethyl adjacent to an activating group) is 1. The van der Waals surface area contributed by atoms with Gasteiger partial charge in [-0.25, -0.2) is 4.98 Å². The van der Waals surface area contributed by atoms with Crippen molar-refractivity contribution in [3.8, 4) is 0 Å². The Labute approximate surface area is 91.1 Å². The van der Waals surface area contributed by atoms with E-state index in [1.54, 1.807) is 0 Å². The molecule has 0 aromatic carbocycles. The highest BCUT2D eigenvalue weighted by Gasteiger charge is 2.27. The molecule has 4 nitrogen and oxygen atoms in total. The number of nitrogens with two attached hydrogens (primary N) is 1. The van der Waals surface area contributed by atoms with Crippen molar-refractivity contribution < 1.29 is 0 Å². The summed E-state index contributed by atoms with van der Waals surface area (Å²) in [5, 5.41) is 0. The summed E-state index contributed by atoms with van der Waals surface area (Å²) in [6, 6.07) is 0.688. The number of aromatic nitrogens is 2. The monoisotopic (exact) mass is 208 g/mol. The summed E-state index contributed by atoms with van der Waals surface area (Å²) in [6.07, 6.45) is 5.79. The number of aryl methyl sites for hydroxylation is 1. The van der Waals surface area contributed by atoms with Gasteiger partial charge in [0, 0.05) is 32.4 Å². The second-order valence-electron chi connectivity index (χ2n) is 4.23. The third-order valence-electron chi connectivity index (χ3n) is 2.87. The van der Waals surface area contributed by atoms with Crippen molar-refractivity contribution in [2.45, 2.75) is 32.2 Å². The fourth-order valence-corrected chi connectivity index (χ4v) is 1.80. The Morgan fingerprint density at radius 3 is 2.87 bits per heavy atom. The van der Waals surface area contributed by atoms with Crippen LogP contribution < -0.4 is 10.6 Å². The molecule has 0 amide bonds. The fraction of sp³-hybridized carbons (Fsp3) is 0.727. The van der Waals surface area contributed by atoms with Crippen LogP contribution in [0.1, 0.15) is 31.5 Å². The molecule has 0 bridgehead atoms. The average molecular weight is 208 g/mol. The van der Waals surface area contributed by atoms with E-state index < -0.39 is 0 Å². The third-order valence-corrected chi connectivity index (χ3v) is 2.87. The second-order valence-corrected chi connectivity index (χ2v) is 4.23. The number of imidazole rings is 1. The Bertz CT molecular complexity index is 327. The Hall–Kier alpha value is -1.03. The predicted molar refractivity (Wildman–Crippen MR) is 62.2 cm³/mol. The molecule has 0 atom stereocenters. The summed E-state index contributed by atoms with van der Waals surface area (Å²) in [4.78, 5) is 6.79. The molecule has 2 N–H and O–H groups in total. The average Bonchev–Trinajstić information content (AvgIpc) is 2.98. The van der Waals surface area contributed by atoms with Crippen LogP contribution in [0, 0.1) is 0 Å². The molecular formula is C11H20N4. The Kier molecular flexibility index (Phi) is 2.95.